The molecule has 0 radical (unpaired) electrons. The molecule has 0 saturated carbocycles. The van der Waals surface area contributed by atoms with Crippen molar-refractivity contribution >= 4 is 33.0 Å². The molecule has 2 heterocycles. The van der Waals surface area contributed by atoms with Crippen LogP contribution in [-0.2, 0) is 10.0 Å². The Hall–Kier alpha value is -1.90. The van der Waals surface area contributed by atoms with E-state index < -0.39 is 10.0 Å². The summed E-state index contributed by atoms with van der Waals surface area (Å²) >= 11 is 0.979. The number of thiophene rings is 1. The van der Waals surface area contributed by atoms with Gasteiger partial charge in [0, 0.05) is 37.2 Å². The molecule has 1 saturated heterocycles. The Kier molecular flexibility index (Phi) is 4.86. The van der Waals surface area contributed by atoms with Gasteiger partial charge in [0.25, 0.3) is 5.91 Å². The van der Waals surface area contributed by atoms with Gasteiger partial charge in [0.2, 0.25) is 10.0 Å². The van der Waals surface area contributed by atoms with E-state index in [1.165, 1.54) is 22.9 Å². The monoisotopic (exact) mass is 379 g/mol. The van der Waals surface area contributed by atoms with Gasteiger partial charge in [-0.2, -0.15) is 0 Å². The van der Waals surface area contributed by atoms with Crippen LogP contribution in [0.25, 0.3) is 0 Å². The second-order valence-corrected chi connectivity index (χ2v) is 8.90. The molecule has 3 rings (SSSR count). The molecule has 1 aliphatic rings. The Morgan fingerprint density at radius 2 is 1.84 bits per heavy atom. The highest BCUT2D eigenvalue weighted by molar-refractivity contribution is 7.91. The first-order valence-electron chi connectivity index (χ1n) is 7.99. The van der Waals surface area contributed by atoms with E-state index in [0.717, 1.165) is 24.4 Å². The van der Waals surface area contributed by atoms with Gasteiger partial charge in [-0.3, -0.25) is 4.79 Å². The number of nitrogens with zero attached hydrogens (tertiary/aromatic N) is 2. The molecule has 0 bridgehead atoms. The molecule has 2 aromatic rings. The molecule has 0 atom stereocenters. The first kappa shape index (κ1) is 17.9. The smallest absolute Gasteiger partial charge is 0.254 e. The van der Waals surface area contributed by atoms with Crippen molar-refractivity contribution in [3.63, 3.8) is 0 Å². The fraction of sp³-hybridized carbons (Fsp3) is 0.353. The van der Waals surface area contributed by atoms with Crippen molar-refractivity contribution in [2.24, 2.45) is 5.14 Å². The predicted octanol–water partition coefficient (Wildman–Crippen LogP) is 1.97. The minimum absolute atomic E-state index is 0.0184. The Labute approximate surface area is 151 Å². The van der Waals surface area contributed by atoms with Gasteiger partial charge >= 0.3 is 0 Å². The summed E-state index contributed by atoms with van der Waals surface area (Å²) in [7, 11) is -3.76. The highest BCUT2D eigenvalue weighted by Gasteiger charge is 2.25. The summed E-state index contributed by atoms with van der Waals surface area (Å²) in [6.07, 6.45) is 0. The zero-order chi connectivity index (χ0) is 18.2. The van der Waals surface area contributed by atoms with Crippen molar-refractivity contribution in [2.75, 3.05) is 31.1 Å². The average Bonchev–Trinajstić information content (AvgIpc) is 3.07. The minimum atomic E-state index is -3.76. The molecule has 1 aromatic heterocycles. The number of benzene rings is 1. The van der Waals surface area contributed by atoms with Crippen LogP contribution < -0.4 is 10.0 Å². The van der Waals surface area contributed by atoms with Gasteiger partial charge in [-0.05, 0) is 37.1 Å². The molecule has 134 valence electrons. The number of primary sulfonamides is 1. The van der Waals surface area contributed by atoms with Crippen molar-refractivity contribution in [1.29, 1.82) is 0 Å². The fourth-order valence-electron chi connectivity index (χ4n) is 2.99. The number of rotatable bonds is 3. The lowest BCUT2D eigenvalue weighted by Gasteiger charge is -2.37. The number of piperazine rings is 1. The van der Waals surface area contributed by atoms with Crippen molar-refractivity contribution < 1.29 is 13.2 Å². The van der Waals surface area contributed by atoms with E-state index in [4.69, 9.17) is 5.14 Å². The summed E-state index contributed by atoms with van der Waals surface area (Å²) in [4.78, 5) is 16.6. The molecule has 25 heavy (non-hydrogen) atoms. The molecule has 0 unspecified atom stereocenters. The molecular formula is C17H21N3O3S2. The third-order valence-electron chi connectivity index (χ3n) is 4.59. The number of hydrogen-bond acceptors (Lipinski definition) is 5. The van der Waals surface area contributed by atoms with Gasteiger partial charge in [-0.1, -0.05) is 12.1 Å². The Balaban J connectivity index is 1.69. The third-order valence-corrected chi connectivity index (χ3v) is 6.97. The average molecular weight is 380 g/mol. The van der Waals surface area contributed by atoms with Gasteiger partial charge in [0.1, 0.15) is 4.21 Å². The number of amides is 1. The number of aryl methyl sites for hydroxylation is 1. The predicted molar refractivity (Wildman–Crippen MR) is 99.7 cm³/mol. The van der Waals surface area contributed by atoms with Crippen LogP contribution in [0.5, 0.6) is 0 Å². The summed E-state index contributed by atoms with van der Waals surface area (Å²) in [6.45, 7) is 6.92. The van der Waals surface area contributed by atoms with E-state index in [1.807, 2.05) is 0 Å². The van der Waals surface area contributed by atoms with Gasteiger partial charge in [0.05, 0.1) is 5.56 Å². The number of carbonyl (C=O) groups excluding carboxylic acids is 1. The van der Waals surface area contributed by atoms with Gasteiger partial charge < -0.3 is 9.80 Å². The first-order valence-corrected chi connectivity index (χ1v) is 10.4. The summed E-state index contributed by atoms with van der Waals surface area (Å²) in [6, 6.07) is 7.62. The molecule has 8 heteroatoms. The highest BCUT2D eigenvalue weighted by Crippen LogP contribution is 2.25. The van der Waals surface area contributed by atoms with Gasteiger partial charge in [-0.25, -0.2) is 13.6 Å². The van der Waals surface area contributed by atoms with E-state index in [9.17, 15) is 13.2 Å². The summed E-state index contributed by atoms with van der Waals surface area (Å²) in [5, 5.41) is 6.66. The standard InChI is InChI=1S/C17H21N3O3S2/c1-12-4-3-5-15(13(12)2)19-6-8-20(9-7-19)17(21)14-10-16(24-11-14)25(18,22)23/h3-5,10-11H,6-9H2,1-2H3,(H2,18,22,23). The van der Waals surface area contributed by atoms with E-state index in [2.05, 4.69) is 36.9 Å². The van der Waals surface area contributed by atoms with Crippen LogP contribution in [0.3, 0.4) is 0 Å². The lowest BCUT2D eigenvalue weighted by molar-refractivity contribution is 0.0747. The van der Waals surface area contributed by atoms with Crippen molar-refractivity contribution in [2.45, 2.75) is 18.1 Å². The van der Waals surface area contributed by atoms with Crippen LogP contribution in [0.2, 0.25) is 0 Å². The number of hydrogen-bond donors (Lipinski definition) is 1. The zero-order valence-electron chi connectivity index (χ0n) is 14.2. The summed E-state index contributed by atoms with van der Waals surface area (Å²) < 4.78 is 22.7. The molecule has 0 aliphatic carbocycles. The topological polar surface area (TPSA) is 83.7 Å². The Bertz CT molecular complexity index is 898. The Morgan fingerprint density at radius 3 is 2.44 bits per heavy atom. The largest absolute Gasteiger partial charge is 0.368 e. The van der Waals surface area contributed by atoms with Crippen LogP contribution >= 0.6 is 11.3 Å². The maximum Gasteiger partial charge on any atom is 0.254 e. The van der Waals surface area contributed by atoms with Crippen LogP contribution in [0.1, 0.15) is 21.5 Å². The zero-order valence-corrected chi connectivity index (χ0v) is 15.9. The second-order valence-electron chi connectivity index (χ2n) is 6.20. The number of anilines is 1. The molecule has 0 spiro atoms. The van der Waals surface area contributed by atoms with Crippen LogP contribution in [0.4, 0.5) is 5.69 Å². The second kappa shape index (κ2) is 6.78. The van der Waals surface area contributed by atoms with Gasteiger partial charge in [0.15, 0.2) is 0 Å². The third kappa shape index (κ3) is 3.70. The number of carbonyl (C=O) groups is 1. The number of nitrogens with two attached hydrogens (primary N) is 1. The van der Waals surface area contributed by atoms with E-state index in [-0.39, 0.29) is 10.1 Å². The maximum atomic E-state index is 12.6. The first-order chi connectivity index (χ1) is 11.8. The van der Waals surface area contributed by atoms with Crippen molar-refractivity contribution in [3.05, 3.63) is 46.3 Å². The maximum absolute atomic E-state index is 12.6. The van der Waals surface area contributed by atoms with E-state index in [1.54, 1.807) is 10.3 Å². The van der Waals surface area contributed by atoms with Crippen LogP contribution in [0, 0.1) is 13.8 Å². The lowest BCUT2D eigenvalue weighted by Crippen LogP contribution is -2.49. The molecule has 1 fully saturated rings. The number of sulfonamides is 1. The van der Waals surface area contributed by atoms with Crippen LogP contribution in [0.15, 0.2) is 33.9 Å². The Morgan fingerprint density at radius 1 is 1.16 bits per heavy atom. The lowest BCUT2D eigenvalue weighted by atomic mass is 10.1. The molecule has 1 amide bonds. The molecule has 1 aromatic carbocycles. The van der Waals surface area contributed by atoms with Crippen LogP contribution in [-0.4, -0.2) is 45.4 Å². The van der Waals surface area contributed by atoms with E-state index in [0.29, 0.717) is 18.7 Å². The summed E-state index contributed by atoms with van der Waals surface area (Å²) in [5.74, 6) is -0.147. The van der Waals surface area contributed by atoms with Crippen molar-refractivity contribution in [3.8, 4) is 0 Å². The highest BCUT2D eigenvalue weighted by atomic mass is 32.2. The minimum Gasteiger partial charge on any atom is -0.368 e. The molecule has 1 aliphatic heterocycles. The molecule has 2 N–H and O–H groups in total. The fourth-order valence-corrected chi connectivity index (χ4v) is 4.57. The normalized spacial score (nSPS) is 15.5. The summed E-state index contributed by atoms with van der Waals surface area (Å²) in [5.41, 5.74) is 4.11. The molecular weight excluding hydrogens is 358 g/mol. The van der Waals surface area contributed by atoms with Crippen molar-refractivity contribution in [1.82, 2.24) is 4.90 Å². The molecule has 6 nitrogen and oxygen atoms in total. The van der Waals surface area contributed by atoms with Gasteiger partial charge in [-0.15, -0.1) is 11.3 Å². The SMILES string of the molecule is Cc1cccc(N2CCN(C(=O)c3csc(S(N)(=O)=O)c3)CC2)c1C. The quantitative estimate of drug-likeness (QED) is 0.884. The van der Waals surface area contributed by atoms with E-state index >= 15 is 0 Å².